The van der Waals surface area contributed by atoms with E-state index in [0.29, 0.717) is 11.5 Å². The van der Waals surface area contributed by atoms with Gasteiger partial charge in [-0.25, -0.2) is 8.77 Å². The van der Waals surface area contributed by atoms with Gasteiger partial charge in [-0.3, -0.25) is 13.2 Å². The third-order valence-electron chi connectivity index (χ3n) is 3.52. The number of hydrogen-bond donors (Lipinski definition) is 0. The summed E-state index contributed by atoms with van der Waals surface area (Å²) >= 11 is -1.54. The zero-order valence-corrected chi connectivity index (χ0v) is 15.6. The third kappa shape index (κ3) is 3.36. The van der Waals surface area contributed by atoms with Crippen LogP contribution in [-0.2, 0) is 28.9 Å². The quantitative estimate of drug-likeness (QED) is 0.620. The van der Waals surface area contributed by atoms with E-state index in [1.165, 1.54) is 0 Å². The summed E-state index contributed by atoms with van der Waals surface area (Å²) in [6, 6.07) is 0. The van der Waals surface area contributed by atoms with Gasteiger partial charge in [0.25, 0.3) is 0 Å². The first-order chi connectivity index (χ1) is 10.9. The second-order valence-corrected chi connectivity index (χ2v) is 8.47. The van der Waals surface area contributed by atoms with E-state index in [4.69, 9.17) is 13.2 Å². The van der Waals surface area contributed by atoms with Gasteiger partial charge in [-0.15, -0.1) is 0 Å². The molecular formula is C15H23NO5PS+. The molecular weight excluding hydrogens is 337 g/mol. The Morgan fingerprint density at radius 3 is 2.35 bits per heavy atom. The highest BCUT2D eigenvalue weighted by molar-refractivity contribution is 7.84. The molecule has 0 amide bonds. The summed E-state index contributed by atoms with van der Waals surface area (Å²) in [4.78, 5) is 0.542. The van der Waals surface area contributed by atoms with Crippen LogP contribution in [0.2, 0.25) is 0 Å². The average molecular weight is 360 g/mol. The van der Waals surface area contributed by atoms with E-state index >= 15 is 0 Å². The van der Waals surface area contributed by atoms with Gasteiger partial charge >= 0.3 is 7.75 Å². The van der Waals surface area contributed by atoms with Gasteiger partial charge < -0.3 is 0 Å². The molecule has 1 heterocycles. The number of nitrogens with zero attached hydrogens (tertiary/aromatic N) is 1. The van der Waals surface area contributed by atoms with Crippen molar-refractivity contribution in [2.45, 2.75) is 20.8 Å². The van der Waals surface area contributed by atoms with Gasteiger partial charge in [-0.1, -0.05) is 0 Å². The molecule has 1 aliphatic heterocycles. The molecule has 2 aliphatic rings. The minimum atomic E-state index is -3.48. The monoisotopic (exact) mass is 360 g/mol. The van der Waals surface area contributed by atoms with Crippen LogP contribution in [-0.4, -0.2) is 35.3 Å². The predicted molar refractivity (Wildman–Crippen MR) is 90.2 cm³/mol. The van der Waals surface area contributed by atoms with Crippen molar-refractivity contribution >= 4 is 18.8 Å². The van der Waals surface area contributed by atoms with E-state index < -0.39 is 18.8 Å². The molecule has 2 atom stereocenters. The summed E-state index contributed by atoms with van der Waals surface area (Å²) < 4.78 is 41.5. The van der Waals surface area contributed by atoms with Crippen LogP contribution in [0.3, 0.4) is 0 Å². The molecule has 0 aromatic rings. The van der Waals surface area contributed by atoms with Crippen LogP contribution >= 0.6 is 7.75 Å². The lowest BCUT2D eigenvalue weighted by Gasteiger charge is -2.36. The molecule has 0 saturated heterocycles. The van der Waals surface area contributed by atoms with Gasteiger partial charge in [-0.2, -0.15) is 4.25 Å². The van der Waals surface area contributed by atoms with Crippen molar-refractivity contribution in [3.63, 3.8) is 0 Å². The fourth-order valence-electron chi connectivity index (χ4n) is 2.50. The first kappa shape index (κ1) is 18.5. The van der Waals surface area contributed by atoms with Gasteiger partial charge in [0.05, 0.1) is 31.8 Å². The molecule has 23 heavy (non-hydrogen) atoms. The molecule has 0 N–H and O–H groups in total. The van der Waals surface area contributed by atoms with Crippen LogP contribution < -0.4 is 0 Å². The zero-order valence-electron chi connectivity index (χ0n) is 13.9. The Hall–Kier alpha value is -0.820. The van der Waals surface area contributed by atoms with Crippen LogP contribution in [0.25, 0.3) is 0 Å². The Morgan fingerprint density at radius 1 is 1.13 bits per heavy atom. The summed E-state index contributed by atoms with van der Waals surface area (Å²) in [6.45, 7) is 6.24. The lowest BCUT2D eigenvalue weighted by molar-refractivity contribution is -0.704. The number of rotatable bonds is 8. The maximum absolute atomic E-state index is 13.3. The van der Waals surface area contributed by atoms with Crippen LogP contribution in [0.5, 0.6) is 0 Å². The summed E-state index contributed by atoms with van der Waals surface area (Å²) in [5, 5.41) is 0. The number of allylic oxidation sites excluding steroid dienone is 4. The van der Waals surface area contributed by atoms with Crippen molar-refractivity contribution < 1.29 is 26.3 Å². The standard InChI is InChI=1S/C15H23NO5PS/c1-5-19-22(17,20-6-2)16(4)10-8-9-13-11-14(12-15(13)16)23(18)21-7-3/h8-12H,5-7H2,1-4H3/q+1. The molecule has 0 bridgehead atoms. The minimum absolute atomic E-state index is 0.121. The summed E-state index contributed by atoms with van der Waals surface area (Å²) in [5.74, 6) is 0. The minimum Gasteiger partial charge on any atom is -0.287 e. The van der Waals surface area contributed by atoms with Gasteiger partial charge in [0.15, 0.2) is 16.8 Å². The van der Waals surface area contributed by atoms with Crippen LogP contribution in [0, 0.1) is 0 Å². The van der Waals surface area contributed by atoms with Crippen LogP contribution in [0.4, 0.5) is 0 Å². The van der Waals surface area contributed by atoms with E-state index in [1.54, 1.807) is 52.2 Å². The van der Waals surface area contributed by atoms with E-state index in [1.807, 2.05) is 6.08 Å². The molecule has 2 rings (SSSR count). The van der Waals surface area contributed by atoms with Crippen molar-refractivity contribution in [3.05, 3.63) is 46.7 Å². The highest BCUT2D eigenvalue weighted by atomic mass is 32.2. The molecule has 0 fully saturated rings. The molecule has 6 nitrogen and oxygen atoms in total. The lowest BCUT2D eigenvalue weighted by Crippen LogP contribution is -2.37. The molecule has 0 radical (unpaired) electrons. The van der Waals surface area contributed by atoms with Gasteiger partial charge in [-0.05, 0) is 39.0 Å². The normalized spacial score (nSPS) is 24.8. The number of likely N-dealkylation sites (N-methyl/N-ethyl adjacent to an activating group) is 1. The second kappa shape index (κ2) is 7.38. The van der Waals surface area contributed by atoms with Gasteiger partial charge in [0, 0.05) is 11.6 Å². The summed E-state index contributed by atoms with van der Waals surface area (Å²) in [6.07, 6.45) is 8.97. The predicted octanol–water partition coefficient (Wildman–Crippen LogP) is 3.55. The second-order valence-electron chi connectivity index (χ2n) is 5.01. The highest BCUT2D eigenvalue weighted by Gasteiger charge is 2.52. The SMILES string of the molecule is CCOS(=O)C1=CC2=CC=C[N+](C)(P(=O)(OCC)OCC)C2=C1. The van der Waals surface area contributed by atoms with Gasteiger partial charge in [0.2, 0.25) is 0 Å². The summed E-state index contributed by atoms with van der Waals surface area (Å²) in [7, 11) is -1.71. The first-order valence-electron chi connectivity index (χ1n) is 7.56. The largest absolute Gasteiger partial charge is 0.541 e. The Bertz CT molecular complexity index is 657. The van der Waals surface area contributed by atoms with E-state index in [0.717, 1.165) is 11.3 Å². The van der Waals surface area contributed by atoms with Crippen molar-refractivity contribution in [2.24, 2.45) is 0 Å². The van der Waals surface area contributed by atoms with Crippen molar-refractivity contribution in [2.75, 3.05) is 26.9 Å². The van der Waals surface area contributed by atoms with E-state index in [9.17, 15) is 8.77 Å². The highest BCUT2D eigenvalue weighted by Crippen LogP contribution is 2.62. The molecule has 8 heteroatoms. The molecule has 0 aromatic heterocycles. The topological polar surface area (TPSA) is 61.8 Å². The molecule has 2 unspecified atom stereocenters. The van der Waals surface area contributed by atoms with Gasteiger partial charge in [0.1, 0.15) is 6.20 Å². The van der Waals surface area contributed by atoms with Crippen molar-refractivity contribution in [1.82, 2.24) is 0 Å². The smallest absolute Gasteiger partial charge is 0.287 e. The molecule has 0 aromatic carbocycles. The van der Waals surface area contributed by atoms with Crippen LogP contribution in [0.1, 0.15) is 20.8 Å². The Morgan fingerprint density at radius 2 is 1.78 bits per heavy atom. The average Bonchev–Trinajstić information content (AvgIpc) is 2.94. The third-order valence-corrected chi connectivity index (χ3v) is 7.13. The van der Waals surface area contributed by atoms with Crippen LogP contribution in [0.15, 0.2) is 46.7 Å². The number of fused-ring (bicyclic) bond motifs is 1. The van der Waals surface area contributed by atoms with Crippen molar-refractivity contribution in [3.8, 4) is 0 Å². The number of hydrogen-bond acceptors (Lipinski definition) is 5. The maximum atomic E-state index is 13.3. The summed E-state index contributed by atoms with van der Waals surface area (Å²) in [5.41, 5.74) is 1.55. The number of quaternary nitrogens is 1. The fraction of sp³-hybridized carbons (Fsp3) is 0.467. The molecule has 0 spiro atoms. The van der Waals surface area contributed by atoms with E-state index in [-0.39, 0.29) is 17.5 Å². The molecule has 0 saturated carbocycles. The molecule has 1 aliphatic carbocycles. The maximum Gasteiger partial charge on any atom is 0.541 e. The molecule has 128 valence electrons. The van der Waals surface area contributed by atoms with E-state index in [2.05, 4.69) is 0 Å². The Balaban J connectivity index is 2.44. The Kier molecular flexibility index (Phi) is 5.94. The Labute approximate surface area is 139 Å². The fourth-order valence-corrected chi connectivity index (χ4v) is 5.16. The first-order valence-corrected chi connectivity index (χ1v) is 10.1. The lowest BCUT2D eigenvalue weighted by atomic mass is 10.1. The zero-order chi connectivity index (χ0) is 17.1. The van der Waals surface area contributed by atoms with Crippen molar-refractivity contribution in [1.29, 1.82) is 0 Å².